The van der Waals surface area contributed by atoms with Crippen molar-refractivity contribution in [3.63, 3.8) is 0 Å². The minimum Gasteiger partial charge on any atom is -0.398 e. The van der Waals surface area contributed by atoms with Crippen molar-refractivity contribution < 1.29 is 13.2 Å². The Bertz CT molecular complexity index is 398. The molecule has 0 saturated carbocycles. The van der Waals surface area contributed by atoms with Gasteiger partial charge in [-0.05, 0) is 24.1 Å². The van der Waals surface area contributed by atoms with Crippen molar-refractivity contribution in [3.8, 4) is 0 Å². The van der Waals surface area contributed by atoms with E-state index in [-0.39, 0.29) is 5.69 Å². The molecule has 1 aromatic carbocycles. The fourth-order valence-electron chi connectivity index (χ4n) is 1.86. The zero-order valence-electron chi connectivity index (χ0n) is 8.23. The summed E-state index contributed by atoms with van der Waals surface area (Å²) >= 11 is 0. The van der Waals surface area contributed by atoms with Gasteiger partial charge in [0.05, 0.1) is 5.56 Å². The van der Waals surface area contributed by atoms with Gasteiger partial charge in [0.2, 0.25) is 0 Å². The Morgan fingerprint density at radius 2 is 2.00 bits per heavy atom. The predicted octanol–water partition coefficient (Wildman–Crippen LogP) is 2.28. The maximum Gasteiger partial charge on any atom is 0.418 e. The number of hydrogen-bond donors (Lipinski definition) is 1. The van der Waals surface area contributed by atoms with Crippen LogP contribution in [0.15, 0.2) is 12.1 Å². The highest BCUT2D eigenvalue weighted by Crippen LogP contribution is 2.39. The molecule has 5 heteroatoms. The molecule has 0 saturated heterocycles. The van der Waals surface area contributed by atoms with Gasteiger partial charge in [-0.2, -0.15) is 13.2 Å². The molecule has 2 rings (SSSR count). The Labute approximate surface area is 85.5 Å². The molecular weight excluding hydrogens is 205 g/mol. The van der Waals surface area contributed by atoms with Gasteiger partial charge in [-0.25, -0.2) is 0 Å². The third-order valence-corrected chi connectivity index (χ3v) is 2.68. The van der Waals surface area contributed by atoms with Crippen molar-refractivity contribution in [3.05, 3.63) is 23.3 Å². The van der Waals surface area contributed by atoms with Crippen LogP contribution in [0.4, 0.5) is 24.5 Å². The Morgan fingerprint density at radius 1 is 1.33 bits per heavy atom. The number of nitrogen functional groups attached to an aromatic ring is 1. The standard InChI is InChI=1S/C10H11F3N2/c1-15-3-2-6-4-8(14)7(5-9(6)15)10(11,12)13/h4-5H,2-3,14H2,1H3. The highest BCUT2D eigenvalue weighted by atomic mass is 19.4. The van der Waals surface area contributed by atoms with E-state index in [0.29, 0.717) is 5.69 Å². The lowest BCUT2D eigenvalue weighted by atomic mass is 10.1. The molecule has 1 aliphatic rings. The molecule has 82 valence electrons. The van der Waals surface area contributed by atoms with Gasteiger partial charge in [0.1, 0.15) is 0 Å². The van der Waals surface area contributed by atoms with Crippen LogP contribution in [-0.2, 0) is 12.6 Å². The molecule has 0 bridgehead atoms. The third kappa shape index (κ3) is 1.62. The van der Waals surface area contributed by atoms with Gasteiger partial charge in [-0.15, -0.1) is 0 Å². The van der Waals surface area contributed by atoms with E-state index in [2.05, 4.69) is 0 Å². The van der Waals surface area contributed by atoms with E-state index in [1.807, 2.05) is 4.90 Å². The molecule has 0 amide bonds. The van der Waals surface area contributed by atoms with Gasteiger partial charge >= 0.3 is 6.18 Å². The van der Waals surface area contributed by atoms with Crippen molar-refractivity contribution >= 4 is 11.4 Å². The van der Waals surface area contributed by atoms with E-state index < -0.39 is 11.7 Å². The Kier molecular flexibility index (Phi) is 2.06. The summed E-state index contributed by atoms with van der Waals surface area (Å²) in [5, 5.41) is 0. The van der Waals surface area contributed by atoms with Crippen molar-refractivity contribution in [1.82, 2.24) is 0 Å². The fourth-order valence-corrected chi connectivity index (χ4v) is 1.86. The lowest BCUT2D eigenvalue weighted by Gasteiger charge is -2.16. The third-order valence-electron chi connectivity index (χ3n) is 2.68. The van der Waals surface area contributed by atoms with Crippen molar-refractivity contribution in [2.24, 2.45) is 0 Å². The molecule has 0 fully saturated rings. The molecule has 15 heavy (non-hydrogen) atoms. The van der Waals surface area contributed by atoms with Crippen LogP contribution in [-0.4, -0.2) is 13.6 Å². The van der Waals surface area contributed by atoms with Crippen molar-refractivity contribution in [2.45, 2.75) is 12.6 Å². The Hall–Kier alpha value is -1.39. The van der Waals surface area contributed by atoms with Crippen LogP contribution in [0.5, 0.6) is 0 Å². The van der Waals surface area contributed by atoms with Crippen molar-refractivity contribution in [1.29, 1.82) is 0 Å². The minimum atomic E-state index is -4.37. The molecule has 0 spiro atoms. The van der Waals surface area contributed by atoms with Crippen molar-refractivity contribution in [2.75, 3.05) is 24.2 Å². The van der Waals surface area contributed by atoms with E-state index >= 15 is 0 Å². The average Bonchev–Trinajstić information content (AvgIpc) is 2.44. The van der Waals surface area contributed by atoms with Crippen LogP contribution in [0.2, 0.25) is 0 Å². The summed E-state index contributed by atoms with van der Waals surface area (Å²) in [6.07, 6.45) is -3.61. The second-order valence-electron chi connectivity index (χ2n) is 3.74. The SMILES string of the molecule is CN1CCc2cc(N)c(C(F)(F)F)cc21. The van der Waals surface area contributed by atoms with E-state index in [0.717, 1.165) is 24.6 Å². The molecule has 2 nitrogen and oxygen atoms in total. The number of fused-ring (bicyclic) bond motifs is 1. The first-order valence-electron chi connectivity index (χ1n) is 4.60. The highest BCUT2D eigenvalue weighted by Gasteiger charge is 2.34. The van der Waals surface area contributed by atoms with Crippen LogP contribution >= 0.6 is 0 Å². The molecular formula is C10H11F3N2. The van der Waals surface area contributed by atoms with Crippen LogP contribution in [0.3, 0.4) is 0 Å². The minimum absolute atomic E-state index is 0.184. The summed E-state index contributed by atoms with van der Waals surface area (Å²) in [5.74, 6) is 0. The number of halogens is 3. The second-order valence-corrected chi connectivity index (χ2v) is 3.74. The quantitative estimate of drug-likeness (QED) is 0.674. The molecule has 0 atom stereocenters. The van der Waals surface area contributed by atoms with Gasteiger partial charge < -0.3 is 10.6 Å². The summed E-state index contributed by atoms with van der Waals surface area (Å²) in [4.78, 5) is 1.81. The number of hydrogen-bond acceptors (Lipinski definition) is 2. The zero-order valence-corrected chi connectivity index (χ0v) is 8.23. The summed E-state index contributed by atoms with van der Waals surface area (Å²) < 4.78 is 37.6. The van der Waals surface area contributed by atoms with Gasteiger partial charge in [0.15, 0.2) is 0 Å². The molecule has 0 unspecified atom stereocenters. The van der Waals surface area contributed by atoms with Gasteiger partial charge in [-0.1, -0.05) is 0 Å². The smallest absolute Gasteiger partial charge is 0.398 e. The van der Waals surface area contributed by atoms with Gasteiger partial charge in [-0.3, -0.25) is 0 Å². The average molecular weight is 216 g/mol. The summed E-state index contributed by atoms with van der Waals surface area (Å²) in [5.41, 5.74) is 5.99. The summed E-state index contributed by atoms with van der Waals surface area (Å²) in [7, 11) is 1.78. The molecule has 0 radical (unpaired) electrons. The van der Waals surface area contributed by atoms with Crippen LogP contribution in [0.1, 0.15) is 11.1 Å². The Morgan fingerprint density at radius 3 is 2.60 bits per heavy atom. The lowest BCUT2D eigenvalue weighted by molar-refractivity contribution is -0.136. The predicted molar refractivity (Wildman–Crippen MR) is 52.8 cm³/mol. The molecule has 0 aromatic heterocycles. The van der Waals surface area contributed by atoms with Crippen LogP contribution in [0.25, 0.3) is 0 Å². The summed E-state index contributed by atoms with van der Waals surface area (Å²) in [6.45, 7) is 0.746. The maximum absolute atomic E-state index is 12.5. The van der Waals surface area contributed by atoms with Crippen LogP contribution in [0, 0.1) is 0 Å². The molecule has 1 heterocycles. The normalized spacial score (nSPS) is 15.6. The van der Waals surface area contributed by atoms with Gasteiger partial charge in [0, 0.05) is 25.0 Å². The first-order chi connectivity index (χ1) is 6.89. The first-order valence-corrected chi connectivity index (χ1v) is 4.60. The van der Waals surface area contributed by atoms with E-state index in [1.165, 1.54) is 6.07 Å². The summed E-state index contributed by atoms with van der Waals surface area (Å²) in [6, 6.07) is 2.57. The number of benzene rings is 1. The molecule has 2 N–H and O–H groups in total. The number of nitrogens with zero attached hydrogens (tertiary/aromatic N) is 1. The number of likely N-dealkylation sites (N-methyl/N-ethyl adjacent to an activating group) is 1. The Balaban J connectivity index is 2.55. The van der Waals surface area contributed by atoms with E-state index in [9.17, 15) is 13.2 Å². The lowest BCUT2D eigenvalue weighted by Crippen LogP contribution is -2.14. The maximum atomic E-state index is 12.5. The van der Waals surface area contributed by atoms with E-state index in [4.69, 9.17) is 5.73 Å². The number of rotatable bonds is 0. The van der Waals surface area contributed by atoms with E-state index in [1.54, 1.807) is 7.05 Å². The fraction of sp³-hybridized carbons (Fsp3) is 0.400. The monoisotopic (exact) mass is 216 g/mol. The molecule has 0 aliphatic carbocycles. The molecule has 1 aromatic rings. The number of anilines is 2. The largest absolute Gasteiger partial charge is 0.418 e. The number of alkyl halides is 3. The van der Waals surface area contributed by atoms with Gasteiger partial charge in [0.25, 0.3) is 0 Å². The molecule has 1 aliphatic heterocycles. The zero-order chi connectivity index (χ0) is 11.2. The van der Waals surface area contributed by atoms with Crippen LogP contribution < -0.4 is 10.6 Å². The number of nitrogens with two attached hydrogens (primary N) is 1. The topological polar surface area (TPSA) is 29.3 Å². The second kappa shape index (κ2) is 3.05. The first kappa shape index (κ1) is 10.1. The highest BCUT2D eigenvalue weighted by molar-refractivity contribution is 5.66.